The lowest BCUT2D eigenvalue weighted by atomic mass is 10.0. The molecule has 0 saturated heterocycles. The molecule has 0 aliphatic rings. The van der Waals surface area contributed by atoms with Gasteiger partial charge in [0.1, 0.15) is 5.01 Å². The molecule has 2 amide bonds. The zero-order valence-electron chi connectivity index (χ0n) is 13.5. The highest BCUT2D eigenvalue weighted by molar-refractivity contribution is 8.01. The Morgan fingerprint density at radius 2 is 1.71 bits per heavy atom. The van der Waals surface area contributed by atoms with Gasteiger partial charge in [-0.3, -0.25) is 14.9 Å². The Kier molecular flexibility index (Phi) is 7.06. The van der Waals surface area contributed by atoms with Crippen LogP contribution in [0.25, 0.3) is 0 Å². The third-order valence-electron chi connectivity index (χ3n) is 3.09. The summed E-state index contributed by atoms with van der Waals surface area (Å²) in [6, 6.07) is 0. The fourth-order valence-corrected chi connectivity index (χ4v) is 3.98. The Labute approximate surface area is 151 Å². The Balaban J connectivity index is 1.81. The highest BCUT2D eigenvalue weighted by Gasteiger charge is 2.16. The lowest BCUT2D eigenvalue weighted by Gasteiger charge is -2.09. The predicted molar refractivity (Wildman–Crippen MR) is 96.6 cm³/mol. The van der Waals surface area contributed by atoms with Crippen molar-refractivity contribution in [3.8, 4) is 0 Å². The fourth-order valence-electron chi connectivity index (χ4n) is 1.82. The fraction of sp³-hybridized carbons (Fsp3) is 0.538. The molecule has 0 saturated carbocycles. The molecule has 11 heteroatoms. The molecule has 0 radical (unpaired) electrons. The summed E-state index contributed by atoms with van der Waals surface area (Å²) in [4.78, 5) is 23.8. The number of carbonyl (C=O) groups excluding carboxylic acids is 2. The lowest BCUT2D eigenvalue weighted by molar-refractivity contribution is -0.120. The van der Waals surface area contributed by atoms with Gasteiger partial charge in [0.15, 0.2) is 4.34 Å². The number of nitrogens with zero attached hydrogens (tertiary/aromatic N) is 4. The first-order valence-corrected chi connectivity index (χ1v) is 10.0. The molecule has 0 bridgehead atoms. The molecule has 0 atom stereocenters. The van der Waals surface area contributed by atoms with Crippen molar-refractivity contribution in [1.82, 2.24) is 20.4 Å². The van der Waals surface area contributed by atoms with Crippen molar-refractivity contribution in [2.75, 3.05) is 16.4 Å². The van der Waals surface area contributed by atoms with Gasteiger partial charge in [-0.05, 0) is 19.8 Å². The molecule has 24 heavy (non-hydrogen) atoms. The Morgan fingerprint density at radius 3 is 2.33 bits per heavy atom. The average molecular weight is 387 g/mol. The molecule has 0 aliphatic heterocycles. The van der Waals surface area contributed by atoms with Crippen molar-refractivity contribution in [1.29, 1.82) is 0 Å². The molecule has 0 aromatic carbocycles. The maximum absolute atomic E-state index is 12.0. The van der Waals surface area contributed by atoms with E-state index in [-0.39, 0.29) is 23.5 Å². The molecule has 2 N–H and O–H groups in total. The summed E-state index contributed by atoms with van der Waals surface area (Å²) in [7, 11) is 0. The maximum atomic E-state index is 12.0. The first kappa shape index (κ1) is 18.7. The quantitative estimate of drug-likeness (QED) is 0.530. The van der Waals surface area contributed by atoms with Crippen molar-refractivity contribution in [3.05, 3.63) is 5.01 Å². The van der Waals surface area contributed by atoms with E-state index in [9.17, 15) is 9.59 Å². The molecule has 0 fully saturated rings. The topological polar surface area (TPSA) is 110 Å². The molecule has 0 spiro atoms. The molecule has 2 aromatic heterocycles. The Hall–Kier alpha value is -1.59. The molecule has 8 nitrogen and oxygen atoms in total. The first-order valence-electron chi connectivity index (χ1n) is 7.38. The molecule has 0 unspecified atom stereocenters. The summed E-state index contributed by atoms with van der Waals surface area (Å²) in [6.45, 7) is 5.78. The third kappa shape index (κ3) is 5.49. The van der Waals surface area contributed by atoms with Crippen molar-refractivity contribution in [2.24, 2.45) is 5.92 Å². The van der Waals surface area contributed by atoms with E-state index in [1.807, 2.05) is 20.8 Å². The minimum absolute atomic E-state index is 0.0221. The number of anilines is 2. The molecule has 0 aliphatic carbocycles. The van der Waals surface area contributed by atoms with Gasteiger partial charge in [-0.1, -0.05) is 48.3 Å². The van der Waals surface area contributed by atoms with Gasteiger partial charge in [-0.2, -0.15) is 0 Å². The number of aryl methyl sites for hydroxylation is 1. The maximum Gasteiger partial charge on any atom is 0.236 e. The van der Waals surface area contributed by atoms with E-state index in [0.717, 1.165) is 17.8 Å². The summed E-state index contributed by atoms with van der Waals surface area (Å²) in [6.07, 6.45) is 1.57. The van der Waals surface area contributed by atoms with Gasteiger partial charge in [0.25, 0.3) is 0 Å². The van der Waals surface area contributed by atoms with Crippen LogP contribution < -0.4 is 10.6 Å². The van der Waals surface area contributed by atoms with E-state index in [1.165, 1.54) is 34.4 Å². The van der Waals surface area contributed by atoms with Gasteiger partial charge >= 0.3 is 0 Å². The van der Waals surface area contributed by atoms with E-state index < -0.39 is 0 Å². The summed E-state index contributed by atoms with van der Waals surface area (Å²) in [5.41, 5.74) is 0. The summed E-state index contributed by atoms with van der Waals surface area (Å²) >= 11 is 3.84. The van der Waals surface area contributed by atoms with Crippen molar-refractivity contribution in [3.63, 3.8) is 0 Å². The number of amides is 2. The van der Waals surface area contributed by atoms with Crippen LogP contribution >= 0.6 is 34.4 Å². The molecule has 2 heterocycles. The van der Waals surface area contributed by atoms with E-state index in [2.05, 4.69) is 31.0 Å². The van der Waals surface area contributed by atoms with Gasteiger partial charge < -0.3 is 5.32 Å². The van der Waals surface area contributed by atoms with Crippen LogP contribution in [-0.2, 0) is 9.59 Å². The Bertz CT molecular complexity index is 697. The van der Waals surface area contributed by atoms with Crippen LogP contribution in [0.5, 0.6) is 0 Å². The molecule has 130 valence electrons. The smallest absolute Gasteiger partial charge is 0.236 e. The van der Waals surface area contributed by atoms with Crippen LogP contribution in [0.3, 0.4) is 0 Å². The van der Waals surface area contributed by atoms with E-state index in [0.29, 0.717) is 14.6 Å². The normalized spacial score (nSPS) is 10.8. The van der Waals surface area contributed by atoms with Gasteiger partial charge in [0.2, 0.25) is 22.1 Å². The number of thioether (sulfide) groups is 1. The largest absolute Gasteiger partial charge is 0.300 e. The molecule has 2 rings (SSSR count). The second-order valence-electron chi connectivity index (χ2n) is 4.84. The van der Waals surface area contributed by atoms with Crippen molar-refractivity contribution >= 4 is 56.5 Å². The zero-order valence-corrected chi connectivity index (χ0v) is 16.0. The number of rotatable bonds is 8. The van der Waals surface area contributed by atoms with Crippen LogP contribution in [0.2, 0.25) is 0 Å². The van der Waals surface area contributed by atoms with Gasteiger partial charge in [-0.15, -0.1) is 20.4 Å². The third-order valence-corrected chi connectivity index (χ3v) is 5.82. The average Bonchev–Trinajstić information content (AvgIpc) is 3.15. The molecule has 2 aromatic rings. The van der Waals surface area contributed by atoms with E-state index in [4.69, 9.17) is 0 Å². The van der Waals surface area contributed by atoms with Crippen LogP contribution in [0.1, 0.15) is 31.7 Å². The minimum atomic E-state index is -0.186. The van der Waals surface area contributed by atoms with Gasteiger partial charge in [0.05, 0.1) is 5.75 Å². The lowest BCUT2D eigenvalue weighted by Crippen LogP contribution is -2.21. The second-order valence-corrected chi connectivity index (χ2v) is 8.22. The standard InChI is InChI=1S/C13H18N6O2S3/c1-4-8(5-2)10(21)15-12-18-19-13(24-12)22-6-9(20)14-11-17-16-7(3)23-11/h8H,4-6H2,1-3H3,(H,14,17,20)(H,15,18,21). The summed E-state index contributed by atoms with van der Waals surface area (Å²) in [5.74, 6) is -0.0644. The van der Waals surface area contributed by atoms with Crippen molar-refractivity contribution in [2.45, 2.75) is 38.0 Å². The number of nitrogens with one attached hydrogen (secondary N) is 2. The monoisotopic (exact) mass is 386 g/mol. The van der Waals surface area contributed by atoms with Crippen LogP contribution in [0.4, 0.5) is 10.3 Å². The SMILES string of the molecule is CCC(CC)C(=O)Nc1nnc(SCC(=O)Nc2nnc(C)s2)s1. The Morgan fingerprint density at radius 1 is 1.04 bits per heavy atom. The van der Waals surface area contributed by atoms with Crippen LogP contribution in [-0.4, -0.2) is 38.0 Å². The zero-order chi connectivity index (χ0) is 17.5. The van der Waals surface area contributed by atoms with Crippen LogP contribution in [0.15, 0.2) is 4.34 Å². The number of hydrogen-bond acceptors (Lipinski definition) is 9. The molecular weight excluding hydrogens is 368 g/mol. The summed E-state index contributed by atoms with van der Waals surface area (Å²) in [5, 5.41) is 22.7. The van der Waals surface area contributed by atoms with Gasteiger partial charge in [0, 0.05) is 5.92 Å². The minimum Gasteiger partial charge on any atom is -0.300 e. The van der Waals surface area contributed by atoms with Crippen LogP contribution in [0, 0.1) is 12.8 Å². The highest BCUT2D eigenvalue weighted by atomic mass is 32.2. The van der Waals surface area contributed by atoms with Crippen molar-refractivity contribution < 1.29 is 9.59 Å². The number of carbonyl (C=O) groups is 2. The highest BCUT2D eigenvalue weighted by Crippen LogP contribution is 2.26. The van der Waals surface area contributed by atoms with Gasteiger partial charge in [-0.25, -0.2) is 0 Å². The predicted octanol–water partition coefficient (Wildman–Crippen LogP) is 2.80. The van der Waals surface area contributed by atoms with E-state index in [1.54, 1.807) is 0 Å². The first-order chi connectivity index (χ1) is 11.5. The van der Waals surface area contributed by atoms with E-state index >= 15 is 0 Å². The number of hydrogen-bond donors (Lipinski definition) is 2. The second kappa shape index (κ2) is 9.04. The molecular formula is C13H18N6O2S3. The number of aromatic nitrogens is 4. The summed E-state index contributed by atoms with van der Waals surface area (Å²) < 4.78 is 0.624.